The molecule has 1 unspecified atom stereocenters. The standard InChI is InChI=1S/C14H21O/c1-3-5-7-10-13(4-2)15-14-11-8-6-9-12-14/h6,8-9,11-13H,2-5,7,10H2,1H3. The number of benzene rings is 1. The molecule has 0 aliphatic carbocycles. The van der Waals surface area contributed by atoms with Crippen molar-refractivity contribution in [2.75, 3.05) is 0 Å². The van der Waals surface area contributed by atoms with Crippen LogP contribution in [-0.2, 0) is 0 Å². The third-order valence-corrected chi connectivity index (χ3v) is 2.50. The largest absolute Gasteiger partial charge is 0.490 e. The van der Waals surface area contributed by atoms with Crippen LogP contribution < -0.4 is 4.74 Å². The van der Waals surface area contributed by atoms with Crippen LogP contribution in [0.15, 0.2) is 30.3 Å². The lowest BCUT2D eigenvalue weighted by Gasteiger charge is -2.17. The molecule has 1 aromatic rings. The average molecular weight is 205 g/mol. The zero-order valence-electron chi connectivity index (χ0n) is 9.61. The highest BCUT2D eigenvalue weighted by atomic mass is 16.5. The Balaban J connectivity index is 2.33. The Morgan fingerprint density at radius 2 is 1.93 bits per heavy atom. The molecule has 0 aliphatic rings. The van der Waals surface area contributed by atoms with Crippen LogP contribution in [0, 0.1) is 6.92 Å². The highest BCUT2D eigenvalue weighted by molar-refractivity contribution is 5.21. The predicted octanol–water partition coefficient (Wildman–Crippen LogP) is 4.24. The first-order valence-corrected chi connectivity index (χ1v) is 5.87. The van der Waals surface area contributed by atoms with E-state index in [4.69, 9.17) is 4.74 Å². The fourth-order valence-electron chi connectivity index (χ4n) is 1.58. The van der Waals surface area contributed by atoms with Gasteiger partial charge in [0.1, 0.15) is 5.75 Å². The molecular weight excluding hydrogens is 184 g/mol. The zero-order chi connectivity index (χ0) is 10.9. The van der Waals surface area contributed by atoms with Crippen molar-refractivity contribution in [3.05, 3.63) is 37.3 Å². The van der Waals surface area contributed by atoms with Gasteiger partial charge in [-0.25, -0.2) is 0 Å². The summed E-state index contributed by atoms with van der Waals surface area (Å²) in [6, 6.07) is 10.0. The first kappa shape index (κ1) is 12.1. The lowest BCUT2D eigenvalue weighted by Crippen LogP contribution is -2.15. The lowest BCUT2D eigenvalue weighted by molar-refractivity contribution is 0.189. The Bertz CT molecular complexity index is 243. The molecule has 0 N–H and O–H groups in total. The minimum absolute atomic E-state index is 0.277. The van der Waals surface area contributed by atoms with Gasteiger partial charge in [0.2, 0.25) is 0 Å². The maximum absolute atomic E-state index is 5.85. The van der Waals surface area contributed by atoms with Gasteiger partial charge in [-0.3, -0.25) is 0 Å². The van der Waals surface area contributed by atoms with E-state index in [0.29, 0.717) is 0 Å². The second-order valence-corrected chi connectivity index (χ2v) is 3.84. The summed E-state index contributed by atoms with van der Waals surface area (Å²) in [4.78, 5) is 0. The molecule has 0 aromatic heterocycles. The summed E-state index contributed by atoms with van der Waals surface area (Å²) in [6.07, 6.45) is 6.03. The normalized spacial score (nSPS) is 12.4. The van der Waals surface area contributed by atoms with Crippen molar-refractivity contribution in [2.24, 2.45) is 0 Å². The van der Waals surface area contributed by atoms with Gasteiger partial charge in [0, 0.05) is 0 Å². The van der Waals surface area contributed by atoms with Crippen LogP contribution in [0.1, 0.15) is 39.0 Å². The number of rotatable bonds is 7. The third kappa shape index (κ3) is 4.87. The summed E-state index contributed by atoms with van der Waals surface area (Å²) in [5.41, 5.74) is 0. The molecule has 0 aliphatic heterocycles. The fourth-order valence-corrected chi connectivity index (χ4v) is 1.58. The van der Waals surface area contributed by atoms with E-state index in [1.165, 1.54) is 19.3 Å². The summed E-state index contributed by atoms with van der Waals surface area (Å²) < 4.78 is 5.85. The summed E-state index contributed by atoms with van der Waals surface area (Å²) in [7, 11) is 0. The van der Waals surface area contributed by atoms with E-state index in [1.807, 2.05) is 30.3 Å². The summed E-state index contributed by atoms with van der Waals surface area (Å²) >= 11 is 0. The molecule has 0 spiro atoms. The van der Waals surface area contributed by atoms with Crippen molar-refractivity contribution in [1.29, 1.82) is 0 Å². The topological polar surface area (TPSA) is 9.23 Å². The van der Waals surface area contributed by atoms with E-state index in [0.717, 1.165) is 18.6 Å². The maximum Gasteiger partial charge on any atom is 0.119 e. The number of ether oxygens (including phenoxy) is 1. The fraction of sp³-hybridized carbons (Fsp3) is 0.500. The minimum Gasteiger partial charge on any atom is -0.490 e. The van der Waals surface area contributed by atoms with Gasteiger partial charge < -0.3 is 4.74 Å². The van der Waals surface area contributed by atoms with Crippen molar-refractivity contribution >= 4 is 0 Å². The monoisotopic (exact) mass is 205 g/mol. The predicted molar refractivity (Wildman–Crippen MR) is 65.0 cm³/mol. The number of para-hydroxylation sites is 1. The summed E-state index contributed by atoms with van der Waals surface area (Å²) in [5.74, 6) is 0.961. The molecule has 15 heavy (non-hydrogen) atoms. The molecule has 0 saturated heterocycles. The van der Waals surface area contributed by atoms with Crippen LogP contribution in [0.4, 0.5) is 0 Å². The third-order valence-electron chi connectivity index (χ3n) is 2.50. The van der Waals surface area contributed by atoms with Gasteiger partial charge in [0.15, 0.2) is 0 Å². The molecule has 0 saturated carbocycles. The lowest BCUT2D eigenvalue weighted by atomic mass is 10.1. The molecule has 1 atom stereocenters. The average Bonchev–Trinajstić information content (AvgIpc) is 2.29. The van der Waals surface area contributed by atoms with E-state index >= 15 is 0 Å². The quantitative estimate of drug-likeness (QED) is 0.605. The smallest absolute Gasteiger partial charge is 0.119 e. The van der Waals surface area contributed by atoms with Gasteiger partial charge in [-0.05, 0) is 38.3 Å². The molecule has 1 rings (SSSR count). The van der Waals surface area contributed by atoms with Crippen LogP contribution in [0.2, 0.25) is 0 Å². The highest BCUT2D eigenvalue weighted by Crippen LogP contribution is 2.16. The van der Waals surface area contributed by atoms with E-state index < -0.39 is 0 Å². The van der Waals surface area contributed by atoms with E-state index in [9.17, 15) is 0 Å². The molecule has 0 amide bonds. The summed E-state index contributed by atoms with van der Waals surface area (Å²) in [5, 5.41) is 0. The Hall–Kier alpha value is -0.980. The number of hydrogen-bond donors (Lipinski definition) is 0. The first-order chi connectivity index (χ1) is 7.36. The van der Waals surface area contributed by atoms with Crippen molar-refractivity contribution in [3.63, 3.8) is 0 Å². The molecule has 1 heteroatoms. The highest BCUT2D eigenvalue weighted by Gasteiger charge is 2.06. The van der Waals surface area contributed by atoms with Gasteiger partial charge in [0.25, 0.3) is 0 Å². The second kappa shape index (κ2) is 7.33. The van der Waals surface area contributed by atoms with Gasteiger partial charge >= 0.3 is 0 Å². The molecule has 1 radical (unpaired) electrons. The molecule has 0 heterocycles. The van der Waals surface area contributed by atoms with Gasteiger partial charge in [0.05, 0.1) is 6.10 Å². The van der Waals surface area contributed by atoms with Crippen LogP contribution in [-0.4, -0.2) is 6.10 Å². The molecule has 0 fully saturated rings. The van der Waals surface area contributed by atoms with Crippen molar-refractivity contribution in [1.82, 2.24) is 0 Å². The molecule has 1 aromatic carbocycles. The van der Waals surface area contributed by atoms with E-state index in [1.54, 1.807) is 0 Å². The van der Waals surface area contributed by atoms with Gasteiger partial charge in [-0.15, -0.1) is 0 Å². The Kier molecular flexibility index (Phi) is 5.91. The van der Waals surface area contributed by atoms with Crippen LogP contribution in [0.3, 0.4) is 0 Å². The van der Waals surface area contributed by atoms with Gasteiger partial charge in [-0.2, -0.15) is 0 Å². The second-order valence-electron chi connectivity index (χ2n) is 3.84. The summed E-state index contributed by atoms with van der Waals surface area (Å²) in [6.45, 7) is 6.16. The molecule has 1 nitrogen and oxygen atoms in total. The zero-order valence-corrected chi connectivity index (χ0v) is 9.61. The molecule has 0 bridgehead atoms. The molecule has 83 valence electrons. The minimum atomic E-state index is 0.277. The Morgan fingerprint density at radius 3 is 2.53 bits per heavy atom. The number of unbranched alkanes of at least 4 members (excludes halogenated alkanes) is 2. The first-order valence-electron chi connectivity index (χ1n) is 5.87. The van der Waals surface area contributed by atoms with E-state index in [-0.39, 0.29) is 6.10 Å². The molecular formula is C14H21O. The van der Waals surface area contributed by atoms with E-state index in [2.05, 4.69) is 13.8 Å². The maximum atomic E-state index is 5.85. The van der Waals surface area contributed by atoms with Gasteiger partial charge in [-0.1, -0.05) is 38.0 Å². The van der Waals surface area contributed by atoms with Crippen molar-refractivity contribution < 1.29 is 4.74 Å². The van der Waals surface area contributed by atoms with Crippen LogP contribution in [0.5, 0.6) is 5.75 Å². The van der Waals surface area contributed by atoms with Crippen LogP contribution in [0.25, 0.3) is 0 Å². The Labute approximate surface area is 93.5 Å². The SMILES string of the molecule is [CH2]CC(CCCCC)Oc1ccccc1. The Morgan fingerprint density at radius 1 is 1.20 bits per heavy atom. The van der Waals surface area contributed by atoms with Crippen molar-refractivity contribution in [2.45, 2.75) is 45.1 Å². The number of hydrogen-bond acceptors (Lipinski definition) is 1. The van der Waals surface area contributed by atoms with Crippen LogP contribution >= 0.6 is 0 Å². The van der Waals surface area contributed by atoms with Crippen molar-refractivity contribution in [3.8, 4) is 5.75 Å².